The molecule has 1 heterocycles. The molecule has 3 aromatic rings. The quantitative estimate of drug-likeness (QED) is 0.581. The molecule has 0 aliphatic heterocycles. The zero-order chi connectivity index (χ0) is 17.4. The Morgan fingerprint density at radius 3 is 2.56 bits per heavy atom. The second-order valence-electron chi connectivity index (χ2n) is 7.01. The van der Waals surface area contributed by atoms with Crippen LogP contribution in [0.4, 0.5) is 0 Å². The number of nitrogens with zero attached hydrogens (tertiary/aromatic N) is 3. The van der Waals surface area contributed by atoms with Gasteiger partial charge in [-0.2, -0.15) is 0 Å². The molecule has 2 aromatic carbocycles. The lowest BCUT2D eigenvalue weighted by Gasteiger charge is -2.11. The van der Waals surface area contributed by atoms with Crippen LogP contribution in [0.25, 0.3) is 5.69 Å². The van der Waals surface area contributed by atoms with Gasteiger partial charge in [-0.25, -0.2) is 0 Å². The molecule has 25 heavy (non-hydrogen) atoms. The molecular formula is C21H23N3S. The van der Waals surface area contributed by atoms with Gasteiger partial charge in [-0.15, -0.1) is 10.2 Å². The van der Waals surface area contributed by atoms with Crippen molar-refractivity contribution in [3.8, 4) is 5.69 Å². The molecule has 4 rings (SSSR count). The van der Waals surface area contributed by atoms with Crippen LogP contribution in [0.3, 0.4) is 0 Å². The van der Waals surface area contributed by atoms with Crippen LogP contribution in [-0.4, -0.2) is 14.8 Å². The maximum Gasteiger partial charge on any atom is 0.196 e. The first-order chi connectivity index (χ1) is 12.1. The summed E-state index contributed by atoms with van der Waals surface area (Å²) in [5.74, 6) is 2.61. The third kappa shape index (κ3) is 3.49. The minimum Gasteiger partial charge on any atom is -0.274 e. The Hall–Kier alpha value is -2.07. The van der Waals surface area contributed by atoms with Gasteiger partial charge >= 0.3 is 0 Å². The first kappa shape index (κ1) is 16.4. The number of aryl methyl sites for hydroxylation is 3. The number of benzene rings is 2. The first-order valence-corrected chi connectivity index (χ1v) is 9.81. The zero-order valence-electron chi connectivity index (χ0n) is 15.0. The van der Waals surface area contributed by atoms with E-state index < -0.39 is 0 Å². The highest BCUT2D eigenvalue weighted by Crippen LogP contribution is 2.41. The molecule has 1 aliphatic carbocycles. The second-order valence-corrected chi connectivity index (χ2v) is 7.95. The maximum atomic E-state index is 4.53. The number of rotatable bonds is 5. The van der Waals surface area contributed by atoms with E-state index >= 15 is 0 Å². The molecule has 0 saturated heterocycles. The zero-order valence-corrected chi connectivity index (χ0v) is 15.8. The van der Waals surface area contributed by atoms with Crippen molar-refractivity contribution in [3.05, 3.63) is 70.5 Å². The van der Waals surface area contributed by atoms with E-state index in [9.17, 15) is 0 Å². The number of aromatic nitrogens is 3. The molecule has 0 unspecified atom stereocenters. The lowest BCUT2D eigenvalue weighted by molar-refractivity contribution is 0.828. The summed E-state index contributed by atoms with van der Waals surface area (Å²) in [6, 6.07) is 15.3. The van der Waals surface area contributed by atoms with E-state index in [1.165, 1.54) is 40.8 Å². The summed E-state index contributed by atoms with van der Waals surface area (Å²) in [6.07, 6.45) is 2.46. The van der Waals surface area contributed by atoms with E-state index in [2.05, 4.69) is 78.0 Å². The fourth-order valence-electron chi connectivity index (χ4n) is 3.09. The summed E-state index contributed by atoms with van der Waals surface area (Å²) in [5.41, 5.74) is 6.45. The van der Waals surface area contributed by atoms with Crippen LogP contribution >= 0.6 is 11.8 Å². The molecule has 128 valence electrons. The van der Waals surface area contributed by atoms with E-state index in [4.69, 9.17) is 0 Å². The predicted molar refractivity (Wildman–Crippen MR) is 104 cm³/mol. The number of hydrogen-bond acceptors (Lipinski definition) is 3. The normalized spacial score (nSPS) is 14.0. The molecule has 1 saturated carbocycles. The summed E-state index contributed by atoms with van der Waals surface area (Å²) < 4.78 is 2.26. The van der Waals surface area contributed by atoms with Crippen LogP contribution in [0, 0.1) is 20.8 Å². The summed E-state index contributed by atoms with van der Waals surface area (Å²) in [6.45, 7) is 6.46. The number of hydrogen-bond donors (Lipinski definition) is 0. The van der Waals surface area contributed by atoms with Crippen molar-refractivity contribution in [1.82, 2.24) is 14.8 Å². The highest BCUT2D eigenvalue weighted by atomic mass is 32.2. The smallest absolute Gasteiger partial charge is 0.196 e. The molecule has 0 spiro atoms. The van der Waals surface area contributed by atoms with Crippen molar-refractivity contribution < 1.29 is 0 Å². The van der Waals surface area contributed by atoms with Gasteiger partial charge in [-0.1, -0.05) is 47.7 Å². The van der Waals surface area contributed by atoms with Crippen molar-refractivity contribution in [2.75, 3.05) is 0 Å². The SMILES string of the molecule is Cc1cccc(-n2c(SCc3cc(C)ccc3C)nnc2C2CC2)c1. The van der Waals surface area contributed by atoms with E-state index in [1.54, 1.807) is 11.8 Å². The van der Waals surface area contributed by atoms with Crippen LogP contribution < -0.4 is 0 Å². The lowest BCUT2D eigenvalue weighted by atomic mass is 10.1. The van der Waals surface area contributed by atoms with Crippen LogP contribution in [0.1, 0.15) is 46.8 Å². The average molecular weight is 350 g/mol. The molecule has 4 heteroatoms. The minimum atomic E-state index is 0.572. The van der Waals surface area contributed by atoms with Crippen molar-refractivity contribution >= 4 is 11.8 Å². The topological polar surface area (TPSA) is 30.7 Å². The van der Waals surface area contributed by atoms with Gasteiger partial charge in [0.2, 0.25) is 0 Å². The standard InChI is InChI=1S/C21H23N3S/c1-14-5-4-6-19(12-14)24-20(17-9-10-17)22-23-21(24)25-13-18-11-15(2)7-8-16(18)3/h4-8,11-12,17H,9-10,13H2,1-3H3. The second kappa shape index (κ2) is 6.68. The number of thioether (sulfide) groups is 1. The maximum absolute atomic E-state index is 4.53. The van der Waals surface area contributed by atoms with Gasteiger partial charge in [-0.3, -0.25) is 4.57 Å². The molecule has 3 nitrogen and oxygen atoms in total. The third-order valence-corrected chi connectivity index (χ3v) is 5.70. The van der Waals surface area contributed by atoms with Gasteiger partial charge in [0.1, 0.15) is 5.82 Å². The van der Waals surface area contributed by atoms with Crippen molar-refractivity contribution in [2.24, 2.45) is 0 Å². The molecule has 0 bridgehead atoms. The molecule has 0 N–H and O–H groups in total. The van der Waals surface area contributed by atoms with Crippen LogP contribution in [0.2, 0.25) is 0 Å². The Bertz CT molecular complexity index is 909. The van der Waals surface area contributed by atoms with Gasteiger partial charge in [0, 0.05) is 17.4 Å². The van der Waals surface area contributed by atoms with E-state index in [1.807, 2.05) is 0 Å². The van der Waals surface area contributed by atoms with Gasteiger partial charge in [-0.05, 0) is 62.4 Å². The molecular weight excluding hydrogens is 326 g/mol. The lowest BCUT2D eigenvalue weighted by Crippen LogP contribution is -2.02. The summed E-state index contributed by atoms with van der Waals surface area (Å²) >= 11 is 1.78. The summed E-state index contributed by atoms with van der Waals surface area (Å²) in [7, 11) is 0. The highest BCUT2D eigenvalue weighted by molar-refractivity contribution is 7.98. The third-order valence-electron chi connectivity index (χ3n) is 4.72. The molecule has 0 atom stereocenters. The van der Waals surface area contributed by atoms with Crippen LogP contribution in [0.15, 0.2) is 47.6 Å². The Labute approximate surface area is 153 Å². The average Bonchev–Trinajstić information content (AvgIpc) is 3.35. The molecule has 1 aromatic heterocycles. The van der Waals surface area contributed by atoms with Crippen LogP contribution in [-0.2, 0) is 5.75 Å². The first-order valence-electron chi connectivity index (χ1n) is 8.83. The van der Waals surface area contributed by atoms with Gasteiger partial charge in [0.25, 0.3) is 0 Å². The largest absolute Gasteiger partial charge is 0.274 e. The monoisotopic (exact) mass is 349 g/mol. The Balaban J connectivity index is 1.67. The Morgan fingerprint density at radius 1 is 1.00 bits per heavy atom. The van der Waals surface area contributed by atoms with E-state index in [-0.39, 0.29) is 0 Å². The van der Waals surface area contributed by atoms with Crippen molar-refractivity contribution in [1.29, 1.82) is 0 Å². The van der Waals surface area contributed by atoms with Gasteiger partial charge in [0.05, 0.1) is 0 Å². The Morgan fingerprint density at radius 2 is 1.80 bits per heavy atom. The fraction of sp³-hybridized carbons (Fsp3) is 0.333. The fourth-order valence-corrected chi connectivity index (χ4v) is 4.11. The summed E-state index contributed by atoms with van der Waals surface area (Å²) in [5, 5.41) is 10.0. The van der Waals surface area contributed by atoms with Gasteiger partial charge < -0.3 is 0 Å². The predicted octanol–water partition coefficient (Wildman–Crippen LogP) is 5.36. The van der Waals surface area contributed by atoms with E-state index in [0.717, 1.165) is 16.7 Å². The van der Waals surface area contributed by atoms with Gasteiger partial charge in [0.15, 0.2) is 5.16 Å². The minimum absolute atomic E-state index is 0.572. The Kier molecular flexibility index (Phi) is 4.38. The molecule has 1 fully saturated rings. The molecule has 1 aliphatic rings. The molecule has 0 radical (unpaired) electrons. The van der Waals surface area contributed by atoms with Crippen LogP contribution in [0.5, 0.6) is 0 Å². The summed E-state index contributed by atoms with van der Waals surface area (Å²) in [4.78, 5) is 0. The highest BCUT2D eigenvalue weighted by Gasteiger charge is 2.31. The van der Waals surface area contributed by atoms with E-state index in [0.29, 0.717) is 5.92 Å². The van der Waals surface area contributed by atoms with Crippen molar-refractivity contribution in [2.45, 2.75) is 50.4 Å². The van der Waals surface area contributed by atoms with Crippen molar-refractivity contribution in [3.63, 3.8) is 0 Å². The molecule has 0 amide bonds.